The molecule has 14 nitrogen and oxygen atoms in total. The van der Waals surface area contributed by atoms with Gasteiger partial charge in [-0.2, -0.15) is 0 Å². The minimum atomic E-state index is -0.699. The number of benzene rings is 1. The highest BCUT2D eigenvalue weighted by molar-refractivity contribution is 5.87. The molecule has 4 fully saturated rings. The molecule has 3 aromatic rings. The number of hydrogen-bond donors (Lipinski definition) is 4. The van der Waals surface area contributed by atoms with Crippen molar-refractivity contribution in [3.8, 4) is 11.3 Å². The van der Waals surface area contributed by atoms with Crippen LogP contribution < -0.4 is 10.6 Å². The fraction of sp³-hybridized carbons (Fsp3) is 0.698. The number of nitrogens with zero attached hydrogens (tertiary/aromatic N) is 4. The van der Waals surface area contributed by atoms with E-state index < -0.39 is 35.5 Å². The maximum Gasteiger partial charge on any atom is 0.408 e. The summed E-state index contributed by atoms with van der Waals surface area (Å²) in [6.07, 6.45) is 17.9. The molecule has 0 bridgehead atoms. The largest absolute Gasteiger partial charge is 0.444 e. The number of hydrogen-bond acceptors (Lipinski definition) is 8. The maximum absolute atomic E-state index is 14.1. The van der Waals surface area contributed by atoms with Crippen LogP contribution in [-0.4, -0.2) is 90.1 Å². The van der Waals surface area contributed by atoms with E-state index >= 15 is 0 Å². The molecule has 1 aromatic carbocycles. The number of H-pyrrole nitrogens is 2. The molecule has 2 saturated heterocycles. The summed E-state index contributed by atoms with van der Waals surface area (Å²) in [7, 11) is 0. The van der Waals surface area contributed by atoms with Crippen LogP contribution in [0.15, 0.2) is 24.5 Å². The van der Waals surface area contributed by atoms with Crippen molar-refractivity contribution in [1.82, 2.24) is 40.4 Å². The van der Waals surface area contributed by atoms with E-state index in [1.54, 1.807) is 11.1 Å². The molecule has 14 heteroatoms. The monoisotopic (exact) mass is 923 g/mol. The number of rotatable bonds is 11. The van der Waals surface area contributed by atoms with Gasteiger partial charge in [-0.25, -0.2) is 19.6 Å². The molecule has 4 heterocycles. The number of nitrogens with one attached hydrogen (secondary N) is 4. The summed E-state index contributed by atoms with van der Waals surface area (Å²) in [6.45, 7) is 20.0. The summed E-state index contributed by atoms with van der Waals surface area (Å²) in [4.78, 5) is 74.7. The van der Waals surface area contributed by atoms with E-state index in [0.717, 1.165) is 80.8 Å². The number of fused-ring (bicyclic) bond motifs is 2. The Morgan fingerprint density at radius 1 is 0.672 bits per heavy atom. The number of carbonyl (C=O) groups excluding carboxylic acids is 4. The lowest BCUT2D eigenvalue weighted by molar-refractivity contribution is -0.136. The molecule has 0 unspecified atom stereocenters. The van der Waals surface area contributed by atoms with Crippen molar-refractivity contribution in [3.63, 3.8) is 0 Å². The Kier molecular flexibility index (Phi) is 14.0. The van der Waals surface area contributed by atoms with Gasteiger partial charge in [0.15, 0.2) is 0 Å². The van der Waals surface area contributed by atoms with Gasteiger partial charge in [0, 0.05) is 36.5 Å². The van der Waals surface area contributed by atoms with E-state index in [2.05, 4.69) is 32.7 Å². The topological polar surface area (TPSA) is 175 Å². The van der Waals surface area contributed by atoms with Gasteiger partial charge in [0.1, 0.15) is 34.9 Å². The molecule has 5 aliphatic rings. The first-order chi connectivity index (χ1) is 31.7. The zero-order valence-corrected chi connectivity index (χ0v) is 42.0. The van der Waals surface area contributed by atoms with Crippen molar-refractivity contribution in [2.24, 2.45) is 11.8 Å². The molecule has 1 spiro atoms. The quantitative estimate of drug-likeness (QED) is 0.147. The number of carbonyl (C=O) groups is 4. The first kappa shape index (κ1) is 48.6. The van der Waals surface area contributed by atoms with E-state index in [-0.39, 0.29) is 41.1 Å². The molecular formula is C53H78N8O6. The van der Waals surface area contributed by atoms with Gasteiger partial charge >= 0.3 is 12.2 Å². The predicted molar refractivity (Wildman–Crippen MR) is 258 cm³/mol. The lowest BCUT2D eigenvalue weighted by Crippen LogP contribution is -2.52. The van der Waals surface area contributed by atoms with Crippen LogP contribution >= 0.6 is 0 Å². The second-order valence-corrected chi connectivity index (χ2v) is 23.1. The van der Waals surface area contributed by atoms with Gasteiger partial charge in [-0.05, 0) is 158 Å². The zero-order valence-electron chi connectivity index (χ0n) is 42.0. The lowest BCUT2D eigenvalue weighted by atomic mass is 9.71. The highest BCUT2D eigenvalue weighted by Crippen LogP contribution is 2.56. The third-order valence-corrected chi connectivity index (χ3v) is 15.3. The van der Waals surface area contributed by atoms with Crippen LogP contribution in [0, 0.1) is 11.8 Å². The SMILES string of the molecule is CC(C)[C@H](NC(=O)OC(C)(C)C)C(=O)N1CCC[C@H]1c1ncc(-c2ccc(C3CCC(c4cnc([C@@H]5CCCN5C(=O)[C@@H](NC(=O)OC(C)(C)C)C(C)C)[nH]4)CC3)c3c2CCC32CCCC2)[nH]1. The third-order valence-electron chi connectivity index (χ3n) is 15.3. The minimum Gasteiger partial charge on any atom is -0.444 e. The van der Waals surface area contributed by atoms with Gasteiger partial charge in [-0.15, -0.1) is 0 Å². The van der Waals surface area contributed by atoms with E-state index in [4.69, 9.17) is 19.4 Å². The van der Waals surface area contributed by atoms with Gasteiger partial charge in [0.05, 0.1) is 24.0 Å². The molecule has 8 rings (SSSR count). The molecule has 366 valence electrons. The van der Waals surface area contributed by atoms with Gasteiger partial charge in [0.25, 0.3) is 0 Å². The highest BCUT2D eigenvalue weighted by atomic mass is 16.6. The number of imidazole rings is 2. The second-order valence-electron chi connectivity index (χ2n) is 23.1. The summed E-state index contributed by atoms with van der Waals surface area (Å²) in [5.74, 6) is 2.10. The predicted octanol–water partition coefficient (Wildman–Crippen LogP) is 10.4. The molecule has 0 radical (unpaired) electrons. The molecule has 4 amide bonds. The van der Waals surface area contributed by atoms with Crippen LogP contribution in [-0.2, 0) is 30.9 Å². The lowest BCUT2D eigenvalue weighted by Gasteiger charge is -2.34. The molecule has 4 atom stereocenters. The number of alkyl carbamates (subject to hydrolysis) is 2. The van der Waals surface area contributed by atoms with Crippen molar-refractivity contribution in [1.29, 1.82) is 0 Å². The standard InChI is InChI=1S/C53H78N8O6/c1-31(2)43(58-49(64)66-51(5,6)7)47(62)60-27-13-15-40(60)45-54-29-38(56-45)34-19-17-33(18-20-34)35-21-22-36(37-23-26-53(42(35)37)24-11-12-25-53)39-30-55-46(57-39)41-16-14-28-61(41)48(63)44(32(3)4)59-50(65)67-52(8,9)10/h21-22,29-34,40-41,43-44H,11-20,23-28H2,1-10H3,(H,54,56)(H,55,57)(H,58,64)(H,59,65)/t33?,34?,40-,41-,43-,44-/m0/s1. The number of aromatic amines is 2. The van der Waals surface area contributed by atoms with Crippen molar-refractivity contribution in [2.75, 3.05) is 13.1 Å². The van der Waals surface area contributed by atoms with Gasteiger partial charge in [-0.1, -0.05) is 52.7 Å². The fourth-order valence-electron chi connectivity index (χ4n) is 12.2. The van der Waals surface area contributed by atoms with Crippen LogP contribution in [0.1, 0.15) is 211 Å². The number of aromatic nitrogens is 4. The van der Waals surface area contributed by atoms with Crippen LogP contribution in [0.25, 0.3) is 11.3 Å². The molecule has 2 aliphatic heterocycles. The van der Waals surface area contributed by atoms with Crippen molar-refractivity contribution < 1.29 is 28.7 Å². The van der Waals surface area contributed by atoms with Crippen LogP contribution in [0.2, 0.25) is 0 Å². The summed E-state index contributed by atoms with van der Waals surface area (Å²) in [5.41, 5.74) is 6.97. The van der Waals surface area contributed by atoms with Crippen LogP contribution in [0.4, 0.5) is 9.59 Å². The van der Waals surface area contributed by atoms with E-state index in [1.165, 1.54) is 43.2 Å². The number of ether oxygens (including phenoxy) is 2. The Morgan fingerprint density at radius 2 is 1.18 bits per heavy atom. The molecular weight excluding hydrogens is 845 g/mol. The average Bonchev–Trinajstić information content (AvgIpc) is 4.12. The molecule has 2 aromatic heterocycles. The summed E-state index contributed by atoms with van der Waals surface area (Å²) < 4.78 is 11.0. The zero-order chi connectivity index (χ0) is 48.0. The van der Waals surface area contributed by atoms with Gasteiger partial charge < -0.3 is 39.9 Å². The summed E-state index contributed by atoms with van der Waals surface area (Å²) in [5, 5.41) is 5.72. The minimum absolute atomic E-state index is 0.0911. The maximum atomic E-state index is 14.1. The Bertz CT molecular complexity index is 2270. The van der Waals surface area contributed by atoms with Crippen LogP contribution in [0.3, 0.4) is 0 Å². The fourth-order valence-corrected chi connectivity index (χ4v) is 12.2. The highest BCUT2D eigenvalue weighted by Gasteiger charge is 2.46. The van der Waals surface area contributed by atoms with Gasteiger partial charge in [0.2, 0.25) is 11.8 Å². The first-order valence-corrected chi connectivity index (χ1v) is 25.6. The molecule has 3 aliphatic carbocycles. The summed E-state index contributed by atoms with van der Waals surface area (Å²) in [6, 6.07) is 3.05. The molecule has 67 heavy (non-hydrogen) atoms. The molecule has 2 saturated carbocycles. The second kappa shape index (κ2) is 19.3. The smallest absolute Gasteiger partial charge is 0.408 e. The Hall–Kier alpha value is -4.88. The Balaban J connectivity index is 0.960. The van der Waals surface area contributed by atoms with E-state index in [1.807, 2.05) is 91.4 Å². The summed E-state index contributed by atoms with van der Waals surface area (Å²) >= 11 is 0. The van der Waals surface area contributed by atoms with E-state index in [9.17, 15) is 19.2 Å². The van der Waals surface area contributed by atoms with Gasteiger partial charge in [-0.3, -0.25) is 9.59 Å². The first-order valence-electron chi connectivity index (χ1n) is 25.6. The van der Waals surface area contributed by atoms with Crippen LogP contribution in [0.5, 0.6) is 0 Å². The normalized spacial score (nSPS) is 23.8. The van der Waals surface area contributed by atoms with Crippen molar-refractivity contribution in [2.45, 2.75) is 212 Å². The van der Waals surface area contributed by atoms with E-state index in [0.29, 0.717) is 24.9 Å². The Morgan fingerprint density at radius 3 is 1.70 bits per heavy atom. The third kappa shape index (κ3) is 10.4. The van der Waals surface area contributed by atoms with Crippen molar-refractivity contribution in [3.05, 3.63) is 58.6 Å². The molecule has 4 N–H and O–H groups in total. The Labute approximate surface area is 398 Å². The van der Waals surface area contributed by atoms with Crippen molar-refractivity contribution >= 4 is 24.0 Å². The average molecular weight is 923 g/mol. The number of likely N-dealkylation sites (tertiary alicyclic amines) is 2. The number of amides is 4.